The second-order valence-electron chi connectivity index (χ2n) is 8.26. The summed E-state index contributed by atoms with van der Waals surface area (Å²) >= 11 is 0. The maximum Gasteiger partial charge on any atom is 0.148 e. The average molecular weight is 408 g/mol. The van der Waals surface area contributed by atoms with Crippen molar-refractivity contribution in [1.29, 1.82) is 0 Å². The second-order valence-corrected chi connectivity index (χ2v) is 12.8. The van der Waals surface area contributed by atoms with Crippen molar-refractivity contribution in [1.82, 2.24) is 9.80 Å². The molecule has 0 N–H and O–H groups in total. The zero-order chi connectivity index (χ0) is 19.4. The highest BCUT2D eigenvalue weighted by Gasteiger charge is 2.32. The molecule has 2 fully saturated rings. The van der Waals surface area contributed by atoms with Crippen LogP contribution in [0.2, 0.25) is 0 Å². The van der Waals surface area contributed by atoms with E-state index >= 15 is 0 Å². The summed E-state index contributed by atoms with van der Waals surface area (Å²) < 4.78 is 45.5. The van der Waals surface area contributed by atoms with Gasteiger partial charge >= 0.3 is 0 Å². The molecule has 1 radical (unpaired) electrons. The molecule has 0 amide bonds. The quantitative estimate of drug-likeness (QED) is 0.600. The van der Waals surface area contributed by atoms with Crippen LogP contribution in [0.3, 0.4) is 0 Å². The van der Waals surface area contributed by atoms with E-state index in [0.717, 1.165) is 45.4 Å². The predicted octanol–water partition coefficient (Wildman–Crippen LogP) is 1.09. The molecule has 2 aliphatic rings. The van der Waals surface area contributed by atoms with Crippen molar-refractivity contribution in [3.8, 4) is 0 Å². The Morgan fingerprint density at radius 2 is 1.35 bits per heavy atom. The number of hydrogen-bond donors (Lipinski definition) is 0. The van der Waals surface area contributed by atoms with E-state index in [9.17, 15) is 16.8 Å². The van der Waals surface area contributed by atoms with Crippen molar-refractivity contribution in [3.05, 3.63) is 5.92 Å². The first-order valence-corrected chi connectivity index (χ1v) is 13.8. The fourth-order valence-corrected chi connectivity index (χ4v) is 5.35. The molecule has 1 atom stereocenters. The number of nitrogens with zero attached hydrogens (tertiary/aromatic N) is 2. The molecule has 8 heteroatoms. The molecule has 2 rings (SSSR count). The Balaban J connectivity index is 1.77. The highest BCUT2D eigenvalue weighted by Crippen LogP contribution is 2.36. The first-order chi connectivity index (χ1) is 12.0. The van der Waals surface area contributed by atoms with Crippen LogP contribution in [0.5, 0.6) is 0 Å². The lowest BCUT2D eigenvalue weighted by Crippen LogP contribution is -2.43. The molecule has 0 aliphatic carbocycles. The number of likely N-dealkylation sites (tertiary alicyclic amines) is 2. The summed E-state index contributed by atoms with van der Waals surface area (Å²) in [6.45, 7) is 7.50. The summed E-state index contributed by atoms with van der Waals surface area (Å²) in [5, 5.41) is 0. The summed E-state index contributed by atoms with van der Waals surface area (Å²) in [7, 11) is -5.79. The summed E-state index contributed by atoms with van der Waals surface area (Å²) in [5.41, 5.74) is 0. The third-order valence-electron chi connectivity index (χ3n) is 5.94. The first kappa shape index (κ1) is 22.1. The highest BCUT2D eigenvalue weighted by molar-refractivity contribution is 7.90. The molecule has 0 saturated carbocycles. The van der Waals surface area contributed by atoms with E-state index in [2.05, 4.69) is 16.7 Å². The lowest BCUT2D eigenvalue weighted by molar-refractivity contribution is 0.150. The van der Waals surface area contributed by atoms with Crippen LogP contribution in [0.1, 0.15) is 32.6 Å². The van der Waals surface area contributed by atoms with Gasteiger partial charge < -0.3 is 9.80 Å². The van der Waals surface area contributed by atoms with Crippen molar-refractivity contribution < 1.29 is 16.8 Å². The maximum absolute atomic E-state index is 11.4. The Morgan fingerprint density at radius 1 is 0.808 bits per heavy atom. The molecule has 0 spiro atoms. The molecule has 2 heterocycles. The zero-order valence-electron chi connectivity index (χ0n) is 16.5. The molecule has 2 saturated heterocycles. The molecule has 0 aromatic carbocycles. The Morgan fingerprint density at radius 3 is 1.88 bits per heavy atom. The van der Waals surface area contributed by atoms with Crippen LogP contribution >= 0.6 is 0 Å². The van der Waals surface area contributed by atoms with Crippen LogP contribution in [0, 0.1) is 17.8 Å². The fourth-order valence-electron chi connectivity index (χ4n) is 4.17. The van der Waals surface area contributed by atoms with Crippen molar-refractivity contribution in [3.63, 3.8) is 0 Å². The van der Waals surface area contributed by atoms with E-state index < -0.39 is 19.7 Å². The Hall–Kier alpha value is -0.180. The fraction of sp³-hybridized carbons (Fsp3) is 0.944. The van der Waals surface area contributed by atoms with Gasteiger partial charge in [-0.2, -0.15) is 0 Å². The van der Waals surface area contributed by atoms with Crippen molar-refractivity contribution >= 4 is 19.7 Å². The van der Waals surface area contributed by atoms with Crippen LogP contribution in [-0.4, -0.2) is 89.9 Å². The molecular weight excluding hydrogens is 372 g/mol. The molecule has 0 aromatic heterocycles. The normalized spacial score (nSPS) is 25.0. The molecule has 0 bridgehead atoms. The van der Waals surface area contributed by atoms with Gasteiger partial charge in [0.2, 0.25) is 0 Å². The van der Waals surface area contributed by atoms with Gasteiger partial charge in [-0.1, -0.05) is 6.92 Å². The van der Waals surface area contributed by atoms with Crippen LogP contribution in [0.25, 0.3) is 0 Å². The maximum atomic E-state index is 11.4. The molecule has 6 nitrogen and oxygen atoms in total. The monoisotopic (exact) mass is 407 g/mol. The van der Waals surface area contributed by atoms with Crippen molar-refractivity contribution in [2.45, 2.75) is 32.6 Å². The standard InChI is InChI=1S/C18H35N2O4S2/c1-16(17-6-9-19(10-7-17)11-13-25(2,21)22)18-5-4-8-20(15-18)12-14-26(3,23)24/h17-18H,4-15H2,1-3H3. The van der Waals surface area contributed by atoms with Gasteiger partial charge in [0.05, 0.1) is 11.5 Å². The molecule has 0 aromatic rings. The molecule has 1 unspecified atom stereocenters. The van der Waals surface area contributed by atoms with Gasteiger partial charge in [0, 0.05) is 32.1 Å². The largest absolute Gasteiger partial charge is 0.302 e. The van der Waals surface area contributed by atoms with E-state index in [4.69, 9.17) is 0 Å². The lowest BCUT2D eigenvalue weighted by atomic mass is 9.75. The Labute approximate surface area is 160 Å². The molecule has 26 heavy (non-hydrogen) atoms. The third kappa shape index (κ3) is 7.82. The predicted molar refractivity (Wildman–Crippen MR) is 107 cm³/mol. The highest BCUT2D eigenvalue weighted by atomic mass is 32.2. The smallest absolute Gasteiger partial charge is 0.148 e. The van der Waals surface area contributed by atoms with Crippen molar-refractivity contribution in [2.75, 3.05) is 63.3 Å². The SMILES string of the molecule is C[C](C1CCN(CCS(C)(=O)=O)CC1)C1CCCN(CCS(C)(=O)=O)C1. The number of sulfone groups is 2. The summed E-state index contributed by atoms with van der Waals surface area (Å²) in [6.07, 6.45) is 7.17. The van der Waals surface area contributed by atoms with E-state index in [0.29, 0.717) is 24.9 Å². The van der Waals surface area contributed by atoms with Gasteiger partial charge in [0.1, 0.15) is 19.7 Å². The lowest BCUT2D eigenvalue weighted by Gasteiger charge is -2.41. The van der Waals surface area contributed by atoms with Gasteiger partial charge in [-0.05, 0) is 63.1 Å². The minimum Gasteiger partial charge on any atom is -0.302 e. The summed E-state index contributed by atoms with van der Waals surface area (Å²) in [4.78, 5) is 4.57. The van der Waals surface area contributed by atoms with E-state index in [1.54, 1.807) is 5.92 Å². The van der Waals surface area contributed by atoms with Gasteiger partial charge in [-0.25, -0.2) is 16.8 Å². The van der Waals surface area contributed by atoms with Crippen LogP contribution < -0.4 is 0 Å². The third-order valence-corrected chi connectivity index (χ3v) is 7.79. The number of hydrogen-bond acceptors (Lipinski definition) is 6. The Bertz CT molecular complexity index is 640. The molecule has 2 aliphatic heterocycles. The summed E-state index contributed by atoms with van der Waals surface area (Å²) in [6, 6.07) is 0. The zero-order valence-corrected chi connectivity index (χ0v) is 18.1. The van der Waals surface area contributed by atoms with E-state index in [1.807, 2.05) is 0 Å². The first-order valence-electron chi connectivity index (χ1n) is 9.67. The minimum absolute atomic E-state index is 0.248. The second kappa shape index (κ2) is 9.34. The van der Waals surface area contributed by atoms with Crippen LogP contribution in [0.4, 0.5) is 0 Å². The number of piperidine rings is 2. The number of rotatable bonds is 8. The van der Waals surface area contributed by atoms with Crippen LogP contribution in [-0.2, 0) is 19.7 Å². The van der Waals surface area contributed by atoms with Crippen LogP contribution in [0.15, 0.2) is 0 Å². The van der Waals surface area contributed by atoms with Gasteiger partial charge in [-0.3, -0.25) is 0 Å². The topological polar surface area (TPSA) is 74.8 Å². The molecular formula is C18H35N2O4S2. The summed E-state index contributed by atoms with van der Waals surface area (Å²) in [5.74, 6) is 3.24. The van der Waals surface area contributed by atoms with E-state index in [-0.39, 0.29) is 11.5 Å². The molecule has 153 valence electrons. The average Bonchev–Trinajstić information content (AvgIpc) is 2.57. The van der Waals surface area contributed by atoms with Gasteiger partial charge in [0.15, 0.2) is 0 Å². The van der Waals surface area contributed by atoms with Gasteiger partial charge in [0.25, 0.3) is 0 Å². The van der Waals surface area contributed by atoms with Crippen molar-refractivity contribution in [2.24, 2.45) is 11.8 Å². The Kier molecular flexibility index (Phi) is 7.95. The van der Waals surface area contributed by atoms with Gasteiger partial charge in [-0.15, -0.1) is 0 Å². The minimum atomic E-state index is -2.90. The van der Waals surface area contributed by atoms with E-state index in [1.165, 1.54) is 18.9 Å².